The average Bonchev–Trinajstić information content (AvgIpc) is 2.14. The fourth-order valence-corrected chi connectivity index (χ4v) is 1.41. The lowest BCUT2D eigenvalue weighted by Crippen LogP contribution is -2.02. The molecule has 0 radical (unpaired) electrons. The molecule has 0 atom stereocenters. The van der Waals surface area contributed by atoms with Gasteiger partial charge >= 0.3 is 5.97 Å². The average molecular weight is 249 g/mol. The first-order valence-corrected chi connectivity index (χ1v) is 5.15. The number of hydrogen-bond donors (Lipinski definition) is 0. The number of carbonyl (C=O) groups excluding carboxylic acids is 1. The Hall–Kier alpha value is -0.870. The molecule has 0 saturated carbocycles. The van der Waals surface area contributed by atoms with Gasteiger partial charge in [-0.15, -0.1) is 0 Å². The van der Waals surface area contributed by atoms with Crippen LogP contribution in [0, 0.1) is 0 Å². The molecule has 0 fully saturated rings. The Morgan fingerprint density at radius 2 is 2.27 bits per heavy atom. The van der Waals surface area contributed by atoms with Gasteiger partial charge in [-0.05, 0) is 24.4 Å². The number of esters is 1. The highest BCUT2D eigenvalue weighted by Crippen LogP contribution is 2.15. The lowest BCUT2D eigenvalue weighted by molar-refractivity contribution is -0.141. The molecule has 0 aliphatic carbocycles. The number of halogens is 2. The molecule has 4 nitrogen and oxygen atoms in total. The summed E-state index contributed by atoms with van der Waals surface area (Å²) in [5.41, 5.74) is 0.799. The van der Waals surface area contributed by atoms with Gasteiger partial charge in [0.15, 0.2) is 0 Å². The fraction of sp³-hybridized carbons (Fsp3) is 0.444. The van der Waals surface area contributed by atoms with Gasteiger partial charge in [0.1, 0.15) is 5.15 Å². The molecule has 1 rings (SSSR count). The number of aromatic nitrogens is 2. The molecule has 0 aromatic carbocycles. The van der Waals surface area contributed by atoms with Crippen molar-refractivity contribution in [3.8, 4) is 0 Å². The number of ether oxygens (including phenoxy) is 1. The third-order valence-electron chi connectivity index (χ3n) is 1.68. The third kappa shape index (κ3) is 4.44. The van der Waals surface area contributed by atoms with Gasteiger partial charge in [0, 0.05) is 18.7 Å². The van der Waals surface area contributed by atoms with Crippen molar-refractivity contribution >= 4 is 29.2 Å². The van der Waals surface area contributed by atoms with Crippen LogP contribution in [0.3, 0.4) is 0 Å². The zero-order valence-electron chi connectivity index (χ0n) is 8.17. The summed E-state index contributed by atoms with van der Waals surface area (Å²) in [5, 5.41) is 0.474. The predicted molar refractivity (Wildman–Crippen MR) is 57.0 cm³/mol. The Labute approximate surface area is 97.6 Å². The maximum atomic E-state index is 10.5. The highest BCUT2D eigenvalue weighted by molar-refractivity contribution is 6.32. The quantitative estimate of drug-likeness (QED) is 0.355. The Kier molecular flexibility index (Phi) is 4.78. The number of carbonyl (C=O) groups is 1. The number of nitrogens with zero attached hydrogens (tertiary/aromatic N) is 2. The first-order chi connectivity index (χ1) is 7.09. The smallest absolute Gasteiger partial charge is 0.302 e. The zero-order chi connectivity index (χ0) is 11.3. The molecule has 0 aliphatic rings. The molecule has 0 aliphatic heterocycles. The molecule has 0 N–H and O–H groups in total. The normalized spacial score (nSPS) is 10.1. The van der Waals surface area contributed by atoms with E-state index in [-0.39, 0.29) is 11.3 Å². The van der Waals surface area contributed by atoms with Gasteiger partial charge in [-0.2, -0.15) is 0 Å². The molecule has 1 heterocycles. The second-order valence-electron chi connectivity index (χ2n) is 2.90. The lowest BCUT2D eigenvalue weighted by atomic mass is 10.2. The maximum absolute atomic E-state index is 10.5. The van der Waals surface area contributed by atoms with Crippen LogP contribution in [0.4, 0.5) is 0 Å². The van der Waals surface area contributed by atoms with E-state index in [0.29, 0.717) is 24.6 Å². The number of rotatable bonds is 4. The van der Waals surface area contributed by atoms with Crippen molar-refractivity contribution in [2.75, 3.05) is 6.61 Å². The summed E-state index contributed by atoms with van der Waals surface area (Å²) in [5.74, 6) is -0.284. The topological polar surface area (TPSA) is 52.1 Å². The Bertz CT molecular complexity index is 358. The van der Waals surface area contributed by atoms with Crippen LogP contribution in [0.15, 0.2) is 6.20 Å². The van der Waals surface area contributed by atoms with Crippen LogP contribution in [0.25, 0.3) is 0 Å². The van der Waals surface area contributed by atoms with E-state index in [1.807, 2.05) is 0 Å². The molecular formula is C9H10Cl2N2O2. The molecule has 6 heteroatoms. The summed E-state index contributed by atoms with van der Waals surface area (Å²) in [6.45, 7) is 1.74. The van der Waals surface area contributed by atoms with Crippen LogP contribution in [-0.4, -0.2) is 22.5 Å². The number of aryl methyl sites for hydroxylation is 1. The Morgan fingerprint density at radius 1 is 1.53 bits per heavy atom. The third-order valence-corrected chi connectivity index (χ3v) is 2.19. The molecule has 0 saturated heterocycles. The van der Waals surface area contributed by atoms with Crippen molar-refractivity contribution < 1.29 is 9.53 Å². The van der Waals surface area contributed by atoms with Crippen molar-refractivity contribution in [1.29, 1.82) is 0 Å². The lowest BCUT2D eigenvalue weighted by Gasteiger charge is -2.03. The first-order valence-electron chi connectivity index (χ1n) is 4.40. The summed E-state index contributed by atoms with van der Waals surface area (Å²) in [7, 11) is 0. The Morgan fingerprint density at radius 3 is 2.87 bits per heavy atom. The molecule has 1 aromatic rings. The summed E-state index contributed by atoms with van der Waals surface area (Å²) in [6.07, 6.45) is 2.92. The number of hydrogen-bond acceptors (Lipinski definition) is 4. The summed E-state index contributed by atoms with van der Waals surface area (Å²) < 4.78 is 4.78. The molecule has 0 bridgehead atoms. The minimum Gasteiger partial charge on any atom is -0.466 e. The van der Waals surface area contributed by atoms with E-state index in [2.05, 4.69) is 9.97 Å². The van der Waals surface area contributed by atoms with Crippen LogP contribution >= 0.6 is 23.2 Å². The van der Waals surface area contributed by atoms with E-state index < -0.39 is 0 Å². The van der Waals surface area contributed by atoms with Crippen LogP contribution < -0.4 is 0 Å². The van der Waals surface area contributed by atoms with Crippen LogP contribution in [0.2, 0.25) is 10.4 Å². The van der Waals surface area contributed by atoms with E-state index in [1.54, 1.807) is 6.20 Å². The van der Waals surface area contributed by atoms with Gasteiger partial charge < -0.3 is 4.74 Å². The van der Waals surface area contributed by atoms with Gasteiger partial charge in [-0.3, -0.25) is 4.79 Å². The van der Waals surface area contributed by atoms with E-state index in [1.165, 1.54) is 6.92 Å². The van der Waals surface area contributed by atoms with Gasteiger partial charge in [0.05, 0.1) is 6.61 Å². The highest BCUT2D eigenvalue weighted by Gasteiger charge is 2.03. The molecule has 1 aromatic heterocycles. The highest BCUT2D eigenvalue weighted by atomic mass is 35.5. The SMILES string of the molecule is CC(=O)OCCCc1cnc(Cl)nc1Cl. The van der Waals surface area contributed by atoms with Crippen LogP contribution in [-0.2, 0) is 16.0 Å². The fourth-order valence-electron chi connectivity index (χ4n) is 1.01. The first kappa shape index (κ1) is 12.2. The Balaban J connectivity index is 2.40. The van der Waals surface area contributed by atoms with Crippen molar-refractivity contribution in [3.05, 3.63) is 22.2 Å². The van der Waals surface area contributed by atoms with Gasteiger partial charge in [0.2, 0.25) is 5.28 Å². The molecule has 0 amide bonds. The zero-order valence-corrected chi connectivity index (χ0v) is 9.68. The van der Waals surface area contributed by atoms with Crippen molar-refractivity contribution in [2.24, 2.45) is 0 Å². The van der Waals surface area contributed by atoms with E-state index >= 15 is 0 Å². The summed E-state index contributed by atoms with van der Waals surface area (Å²) in [6, 6.07) is 0. The summed E-state index contributed by atoms with van der Waals surface area (Å²) in [4.78, 5) is 18.1. The van der Waals surface area contributed by atoms with Crippen molar-refractivity contribution in [3.63, 3.8) is 0 Å². The second kappa shape index (κ2) is 5.88. The second-order valence-corrected chi connectivity index (χ2v) is 3.59. The molecule has 82 valence electrons. The largest absolute Gasteiger partial charge is 0.466 e. The molecule has 0 unspecified atom stereocenters. The molecule has 0 spiro atoms. The molecular weight excluding hydrogens is 239 g/mol. The maximum Gasteiger partial charge on any atom is 0.302 e. The van der Waals surface area contributed by atoms with E-state index in [4.69, 9.17) is 27.9 Å². The van der Waals surface area contributed by atoms with Crippen LogP contribution in [0.1, 0.15) is 18.9 Å². The monoisotopic (exact) mass is 248 g/mol. The van der Waals surface area contributed by atoms with Gasteiger partial charge in [0.25, 0.3) is 0 Å². The van der Waals surface area contributed by atoms with Gasteiger partial charge in [-0.25, -0.2) is 9.97 Å². The van der Waals surface area contributed by atoms with Crippen molar-refractivity contribution in [2.45, 2.75) is 19.8 Å². The summed E-state index contributed by atoms with van der Waals surface area (Å²) >= 11 is 11.4. The van der Waals surface area contributed by atoms with Crippen molar-refractivity contribution in [1.82, 2.24) is 9.97 Å². The van der Waals surface area contributed by atoms with E-state index in [9.17, 15) is 4.79 Å². The molecule has 15 heavy (non-hydrogen) atoms. The van der Waals surface area contributed by atoms with E-state index in [0.717, 1.165) is 5.56 Å². The standard InChI is InChI=1S/C9H10Cl2N2O2/c1-6(14)15-4-2-3-7-5-12-9(11)13-8(7)10/h5H,2-4H2,1H3. The minimum atomic E-state index is -0.284. The minimum absolute atomic E-state index is 0.128. The predicted octanol–water partition coefficient (Wildman–Crippen LogP) is 2.28. The van der Waals surface area contributed by atoms with Crippen LogP contribution in [0.5, 0.6) is 0 Å². The van der Waals surface area contributed by atoms with Gasteiger partial charge in [-0.1, -0.05) is 11.6 Å².